The number of hydrogen-bond acceptors (Lipinski definition) is 8. The van der Waals surface area contributed by atoms with Gasteiger partial charge in [-0.1, -0.05) is 6.92 Å². The molecule has 0 aromatic heterocycles. The van der Waals surface area contributed by atoms with Gasteiger partial charge in [0, 0.05) is 29.7 Å². The van der Waals surface area contributed by atoms with Crippen molar-refractivity contribution in [3.63, 3.8) is 0 Å². The van der Waals surface area contributed by atoms with Gasteiger partial charge in [0.2, 0.25) is 11.8 Å². The lowest BCUT2D eigenvalue weighted by Gasteiger charge is -2.47. The molecular formula is C23H35N5O6S. The van der Waals surface area contributed by atoms with Crippen LogP contribution in [0.4, 0.5) is 0 Å². The third kappa shape index (κ3) is 4.68. The van der Waals surface area contributed by atoms with E-state index in [2.05, 4.69) is 10.6 Å². The minimum Gasteiger partial charge on any atom is -0.543 e. The Bertz CT molecular complexity index is 947. The van der Waals surface area contributed by atoms with E-state index < -0.39 is 18.0 Å². The van der Waals surface area contributed by atoms with Crippen molar-refractivity contribution in [2.75, 3.05) is 53.4 Å². The zero-order chi connectivity index (χ0) is 25.7. The Hall–Kier alpha value is -2.15. The van der Waals surface area contributed by atoms with Gasteiger partial charge in [-0.25, -0.2) is 0 Å². The highest BCUT2D eigenvalue weighted by Gasteiger charge is 2.59. The van der Waals surface area contributed by atoms with Crippen molar-refractivity contribution in [1.82, 2.24) is 20.4 Å². The predicted molar refractivity (Wildman–Crippen MR) is 126 cm³/mol. The van der Waals surface area contributed by atoms with Crippen LogP contribution in [0, 0.1) is 11.8 Å². The lowest BCUT2D eigenvalue weighted by Crippen LogP contribution is -2.64. The van der Waals surface area contributed by atoms with E-state index in [1.807, 2.05) is 18.9 Å². The molecule has 0 spiro atoms. The number of hydrogen-bond donors (Lipinski definition) is 3. The van der Waals surface area contributed by atoms with E-state index in [0.29, 0.717) is 55.1 Å². The monoisotopic (exact) mass is 509 g/mol. The van der Waals surface area contributed by atoms with Crippen molar-refractivity contribution in [1.29, 1.82) is 0 Å². The highest BCUT2D eigenvalue weighted by Crippen LogP contribution is 2.51. The molecule has 4 heterocycles. The molecule has 194 valence electrons. The first kappa shape index (κ1) is 25.9. The number of β-lactam (4-membered cyclic amide) rings is 1. The van der Waals surface area contributed by atoms with Crippen LogP contribution in [0.25, 0.3) is 0 Å². The third-order valence-corrected chi connectivity index (χ3v) is 9.43. The minimum absolute atomic E-state index is 0.0118. The molecule has 11 nitrogen and oxygen atoms in total. The van der Waals surface area contributed by atoms with Crippen LogP contribution in [0.3, 0.4) is 0 Å². The smallest absolute Gasteiger partial charge is 0.275 e. The number of quaternary nitrogens is 1. The van der Waals surface area contributed by atoms with Gasteiger partial charge in [-0.3, -0.25) is 14.4 Å². The maximum atomic E-state index is 13.2. The zero-order valence-electron chi connectivity index (χ0n) is 20.7. The van der Waals surface area contributed by atoms with Crippen molar-refractivity contribution in [3.8, 4) is 0 Å². The number of nitrogens with zero attached hydrogens (tertiary/aromatic N) is 3. The molecule has 12 heteroatoms. The van der Waals surface area contributed by atoms with Gasteiger partial charge in [-0.15, -0.1) is 11.8 Å². The molecular weight excluding hydrogens is 474 g/mol. The highest BCUT2D eigenvalue weighted by molar-refractivity contribution is 8.03. The van der Waals surface area contributed by atoms with E-state index in [1.165, 1.54) is 16.7 Å². The lowest BCUT2D eigenvalue weighted by molar-refractivity contribution is -0.905. The van der Waals surface area contributed by atoms with Crippen LogP contribution < -0.4 is 15.7 Å². The third-order valence-electron chi connectivity index (χ3n) is 7.92. The second kappa shape index (κ2) is 9.72. The Morgan fingerprint density at radius 2 is 1.97 bits per heavy atom. The number of aliphatic hydroxyl groups excluding tert-OH is 1. The van der Waals surface area contributed by atoms with Gasteiger partial charge in [0.15, 0.2) is 6.54 Å². The van der Waals surface area contributed by atoms with Gasteiger partial charge >= 0.3 is 0 Å². The molecule has 35 heavy (non-hydrogen) atoms. The summed E-state index contributed by atoms with van der Waals surface area (Å²) in [6.07, 6.45) is -0.297. The topological polar surface area (TPSA) is 142 Å². The Balaban J connectivity index is 1.36. The predicted octanol–water partition coefficient (Wildman–Crippen LogP) is -2.70. The fourth-order valence-corrected chi connectivity index (χ4v) is 7.28. The Morgan fingerprint density at radius 1 is 1.31 bits per heavy atom. The summed E-state index contributed by atoms with van der Waals surface area (Å²) in [6.45, 7) is 6.95. The maximum Gasteiger partial charge on any atom is 0.275 e. The maximum absolute atomic E-state index is 13.2. The molecule has 4 rings (SSSR count). The number of fused-ring (bicyclic) bond motifs is 1. The van der Waals surface area contributed by atoms with Gasteiger partial charge in [0.25, 0.3) is 5.91 Å². The Morgan fingerprint density at radius 3 is 2.54 bits per heavy atom. The average Bonchev–Trinajstić information content (AvgIpc) is 3.35. The van der Waals surface area contributed by atoms with Crippen molar-refractivity contribution in [2.24, 2.45) is 11.8 Å². The number of aliphatic carboxylic acids is 1. The van der Waals surface area contributed by atoms with E-state index in [0.717, 1.165) is 0 Å². The molecule has 0 unspecified atom stereocenters. The molecule has 6 atom stereocenters. The van der Waals surface area contributed by atoms with E-state index in [9.17, 15) is 29.4 Å². The molecule has 0 aromatic carbocycles. The molecule has 0 aliphatic carbocycles. The number of aliphatic hydroxyl groups is 1. The van der Waals surface area contributed by atoms with E-state index in [1.54, 1.807) is 14.0 Å². The summed E-state index contributed by atoms with van der Waals surface area (Å²) in [6, 6.07) is -0.726. The van der Waals surface area contributed by atoms with E-state index in [4.69, 9.17) is 0 Å². The zero-order valence-corrected chi connectivity index (χ0v) is 21.5. The number of likely N-dealkylation sites (N-methyl/N-ethyl adjacent to an activating group) is 2. The standard InChI is InChI=1S/C23H35N5O6S/c1-12-18-17(13(2)29)22(32)27(18)19(23(33)34)20(12)35-14-9-15(25-10-14)21(31)26-5-7-28(4,8-6-26)11-16(30)24-3/h12-15,17-18,25,29H,5-11H2,1-4H3,(H-,24,30,33,34)/t12-,13-,14+,15+,17-,18-/m1/s1. The number of amides is 3. The number of carboxylic acid groups (broad SMARTS) is 1. The summed E-state index contributed by atoms with van der Waals surface area (Å²) in [5, 5.41) is 27.8. The highest BCUT2D eigenvalue weighted by atomic mass is 32.2. The van der Waals surface area contributed by atoms with Crippen LogP contribution in [-0.4, -0.2) is 120 Å². The molecule has 4 aliphatic rings. The average molecular weight is 510 g/mol. The summed E-state index contributed by atoms with van der Waals surface area (Å²) in [7, 11) is 3.65. The summed E-state index contributed by atoms with van der Waals surface area (Å²) in [4.78, 5) is 53.1. The summed E-state index contributed by atoms with van der Waals surface area (Å²) < 4.78 is 0.599. The van der Waals surface area contributed by atoms with Crippen LogP contribution in [0.5, 0.6) is 0 Å². The first-order chi connectivity index (χ1) is 16.5. The van der Waals surface area contributed by atoms with Crippen LogP contribution in [0.1, 0.15) is 20.3 Å². The second-order valence-electron chi connectivity index (χ2n) is 10.4. The number of piperazine rings is 1. The largest absolute Gasteiger partial charge is 0.543 e. The number of nitrogens with one attached hydrogen (secondary N) is 2. The lowest BCUT2D eigenvalue weighted by atomic mass is 9.79. The summed E-state index contributed by atoms with van der Waals surface area (Å²) in [5.41, 5.74) is -0.0895. The van der Waals surface area contributed by atoms with Gasteiger partial charge < -0.3 is 39.9 Å². The van der Waals surface area contributed by atoms with E-state index >= 15 is 0 Å². The van der Waals surface area contributed by atoms with Crippen molar-refractivity contribution in [2.45, 2.75) is 43.7 Å². The van der Waals surface area contributed by atoms with Crippen LogP contribution >= 0.6 is 11.8 Å². The second-order valence-corrected chi connectivity index (χ2v) is 11.8. The van der Waals surface area contributed by atoms with Crippen molar-refractivity contribution in [3.05, 3.63) is 10.6 Å². The summed E-state index contributed by atoms with van der Waals surface area (Å²) >= 11 is 1.40. The van der Waals surface area contributed by atoms with Crippen LogP contribution in [0.15, 0.2) is 10.6 Å². The molecule has 3 amide bonds. The number of thioether (sulfide) groups is 1. The molecule has 3 N–H and O–H groups in total. The van der Waals surface area contributed by atoms with E-state index in [-0.39, 0.29) is 46.7 Å². The normalized spacial score (nSPS) is 32.8. The number of carbonyl (C=O) groups is 4. The van der Waals surface area contributed by atoms with Gasteiger partial charge in [-0.05, 0) is 13.3 Å². The fourth-order valence-electron chi connectivity index (χ4n) is 5.80. The summed E-state index contributed by atoms with van der Waals surface area (Å²) in [5.74, 6) is -2.58. The SMILES string of the molecule is CNC(=O)C[N+]1(C)CCN(C(=O)[C@@H]2C[C@H](SC3=C(C(=O)[O-])N4C(=O)[C@H]([C@@H](C)O)[C@H]4[C@H]3C)CN2)CC1. The molecule has 3 fully saturated rings. The first-order valence-corrected chi connectivity index (χ1v) is 13.0. The van der Waals surface area contributed by atoms with Gasteiger partial charge in [-0.2, -0.15) is 0 Å². The molecule has 0 radical (unpaired) electrons. The molecule has 0 aromatic rings. The molecule has 3 saturated heterocycles. The van der Waals surface area contributed by atoms with Crippen LogP contribution in [-0.2, 0) is 19.2 Å². The van der Waals surface area contributed by atoms with Crippen molar-refractivity contribution >= 4 is 35.5 Å². The first-order valence-electron chi connectivity index (χ1n) is 12.2. The number of carbonyl (C=O) groups excluding carboxylic acids is 4. The minimum atomic E-state index is -1.39. The number of carboxylic acids is 1. The molecule has 4 aliphatic heterocycles. The van der Waals surface area contributed by atoms with Crippen LogP contribution in [0.2, 0.25) is 0 Å². The van der Waals surface area contributed by atoms with Gasteiger partial charge in [0.05, 0.1) is 69.0 Å². The molecule has 0 bridgehead atoms. The fraction of sp³-hybridized carbons (Fsp3) is 0.739. The van der Waals surface area contributed by atoms with Gasteiger partial charge in [0.1, 0.15) is 0 Å². The quantitative estimate of drug-likeness (QED) is 0.249. The Labute approximate surface area is 209 Å². The number of rotatable bonds is 7. The van der Waals surface area contributed by atoms with Crippen molar-refractivity contribution < 1.29 is 33.9 Å². The Kier molecular flexibility index (Phi) is 7.20. The molecule has 0 saturated carbocycles.